The van der Waals surface area contributed by atoms with Crippen LogP contribution in [-0.2, 0) is 28.6 Å². The van der Waals surface area contributed by atoms with E-state index in [0.717, 1.165) is 89.9 Å². The smallest absolute Gasteiger partial charge is 0.306 e. The Hall–Kier alpha value is -3.23. The predicted octanol–water partition coefficient (Wildman–Crippen LogP) is 14.9. The molecule has 0 amide bonds. The summed E-state index contributed by atoms with van der Waals surface area (Å²) in [6.45, 7) is 4.55. The Kier molecular flexibility index (Phi) is 46.8. The standard InChI is InChI=1S/C59H103NO7/c1-6-8-10-12-14-16-18-20-22-24-26-28-29-30-32-33-35-37-39-41-43-45-47-49-57(61)66-54-55(53-65-52-51-56(59(63)64)60(3,4)5)67-58(62)50-48-46-44-42-40-38-36-34-31-27-25-23-21-19-17-15-13-11-9-7-2/h9,11,15,17,21,23,26-28,30-32,55-56H,6-8,10,12-14,16,18-20,22,24-25,29,33-54H2,1-5H3/b11-9+,17-15+,23-21+,28-26+,31-27+,32-30+. The van der Waals surface area contributed by atoms with Gasteiger partial charge in [-0.05, 0) is 83.5 Å². The highest BCUT2D eigenvalue weighted by molar-refractivity contribution is 5.70. The minimum atomic E-state index is -1.13. The second-order valence-electron chi connectivity index (χ2n) is 19.4. The quantitative estimate of drug-likeness (QED) is 0.0259. The van der Waals surface area contributed by atoms with Crippen molar-refractivity contribution in [3.8, 4) is 0 Å². The first kappa shape index (κ1) is 63.8. The fourth-order valence-corrected chi connectivity index (χ4v) is 7.86. The molecule has 0 aromatic carbocycles. The van der Waals surface area contributed by atoms with Crippen LogP contribution in [0.5, 0.6) is 0 Å². The molecule has 0 rings (SSSR count). The molecule has 0 aromatic heterocycles. The summed E-state index contributed by atoms with van der Waals surface area (Å²) in [6.07, 6.45) is 63.6. The van der Waals surface area contributed by atoms with Crippen molar-refractivity contribution < 1.29 is 38.2 Å². The predicted molar refractivity (Wildman–Crippen MR) is 282 cm³/mol. The largest absolute Gasteiger partial charge is 0.544 e. The SMILES string of the molecule is CC/C=C/C/C=C/C/C=C/C/C=C/CCCCCCCCCC(=O)OC(COCCC(C(=O)[O-])[N+](C)(C)C)COC(=O)CCCCCCCCC/C=C/C/C=C/CCCCCCCCCCC. The van der Waals surface area contributed by atoms with Gasteiger partial charge in [0.2, 0.25) is 0 Å². The molecule has 0 fully saturated rings. The van der Waals surface area contributed by atoms with E-state index in [1.54, 1.807) is 21.1 Å². The van der Waals surface area contributed by atoms with Gasteiger partial charge in [0.1, 0.15) is 12.6 Å². The van der Waals surface area contributed by atoms with Crippen molar-refractivity contribution in [2.24, 2.45) is 0 Å². The van der Waals surface area contributed by atoms with Gasteiger partial charge in [0.25, 0.3) is 0 Å². The van der Waals surface area contributed by atoms with E-state index >= 15 is 0 Å². The lowest BCUT2D eigenvalue weighted by molar-refractivity contribution is -0.889. The Balaban J connectivity index is 4.24. The number of hydrogen-bond acceptors (Lipinski definition) is 7. The van der Waals surface area contributed by atoms with E-state index in [2.05, 4.69) is 86.8 Å². The van der Waals surface area contributed by atoms with Crippen LogP contribution >= 0.6 is 0 Å². The number of carboxylic acids is 1. The molecular formula is C59H103NO7. The summed E-state index contributed by atoms with van der Waals surface area (Å²) in [5.74, 6) is -1.76. The lowest BCUT2D eigenvalue weighted by atomic mass is 10.1. The average Bonchev–Trinajstić information content (AvgIpc) is 3.29. The molecule has 0 aliphatic carbocycles. The first-order valence-electron chi connectivity index (χ1n) is 27.5. The summed E-state index contributed by atoms with van der Waals surface area (Å²) < 4.78 is 17.3. The minimum Gasteiger partial charge on any atom is -0.544 e. The molecule has 8 heteroatoms. The van der Waals surface area contributed by atoms with Crippen LogP contribution in [0.25, 0.3) is 0 Å². The Bertz CT molecular complexity index is 1320. The van der Waals surface area contributed by atoms with Gasteiger partial charge in [-0.15, -0.1) is 0 Å². The van der Waals surface area contributed by atoms with Crippen molar-refractivity contribution in [2.75, 3.05) is 41.0 Å². The molecule has 0 heterocycles. The molecule has 0 spiro atoms. The van der Waals surface area contributed by atoms with Crippen LogP contribution < -0.4 is 5.11 Å². The molecule has 0 N–H and O–H groups in total. The fourth-order valence-electron chi connectivity index (χ4n) is 7.86. The topological polar surface area (TPSA) is 102 Å². The van der Waals surface area contributed by atoms with Crippen LogP contribution in [0.1, 0.15) is 232 Å². The normalized spacial score (nSPS) is 13.4. The maximum atomic E-state index is 12.8. The van der Waals surface area contributed by atoms with Gasteiger partial charge >= 0.3 is 11.9 Å². The molecule has 0 aliphatic heterocycles. The van der Waals surface area contributed by atoms with Gasteiger partial charge in [0.05, 0.1) is 40.3 Å². The van der Waals surface area contributed by atoms with Crippen molar-refractivity contribution in [3.63, 3.8) is 0 Å². The number of likely N-dealkylation sites (N-methyl/N-ethyl adjacent to an activating group) is 1. The zero-order valence-corrected chi connectivity index (χ0v) is 44.1. The molecule has 2 atom stereocenters. The number of esters is 2. The lowest BCUT2D eigenvalue weighted by Crippen LogP contribution is -2.55. The van der Waals surface area contributed by atoms with Crippen LogP contribution in [0.4, 0.5) is 0 Å². The van der Waals surface area contributed by atoms with Crippen molar-refractivity contribution in [2.45, 2.75) is 244 Å². The van der Waals surface area contributed by atoms with Crippen molar-refractivity contribution >= 4 is 17.9 Å². The third-order valence-electron chi connectivity index (χ3n) is 12.1. The van der Waals surface area contributed by atoms with Crippen molar-refractivity contribution in [3.05, 3.63) is 72.9 Å². The average molecular weight is 938 g/mol. The number of hydrogen-bond donors (Lipinski definition) is 0. The van der Waals surface area contributed by atoms with Gasteiger partial charge < -0.3 is 28.6 Å². The Morgan fingerprint density at radius 1 is 0.463 bits per heavy atom. The van der Waals surface area contributed by atoms with Crippen LogP contribution in [0.15, 0.2) is 72.9 Å². The van der Waals surface area contributed by atoms with Gasteiger partial charge in [-0.3, -0.25) is 9.59 Å². The van der Waals surface area contributed by atoms with E-state index in [1.165, 1.54) is 109 Å². The second kappa shape index (κ2) is 49.2. The Morgan fingerprint density at radius 2 is 0.836 bits per heavy atom. The van der Waals surface area contributed by atoms with E-state index in [1.807, 2.05) is 0 Å². The van der Waals surface area contributed by atoms with Crippen LogP contribution in [0.3, 0.4) is 0 Å². The van der Waals surface area contributed by atoms with Gasteiger partial charge in [-0.25, -0.2) is 0 Å². The van der Waals surface area contributed by atoms with Crippen LogP contribution in [-0.4, -0.2) is 75.5 Å². The maximum absolute atomic E-state index is 12.8. The highest BCUT2D eigenvalue weighted by atomic mass is 16.6. The summed E-state index contributed by atoms with van der Waals surface area (Å²) in [6, 6.07) is -0.733. The van der Waals surface area contributed by atoms with E-state index in [0.29, 0.717) is 12.8 Å². The summed E-state index contributed by atoms with van der Waals surface area (Å²) >= 11 is 0. The number of carbonyl (C=O) groups excluding carboxylic acids is 3. The number of carboxylic acid groups (broad SMARTS) is 1. The van der Waals surface area contributed by atoms with Crippen molar-refractivity contribution in [1.29, 1.82) is 0 Å². The summed E-state index contributed by atoms with van der Waals surface area (Å²) in [4.78, 5) is 37.1. The van der Waals surface area contributed by atoms with Crippen molar-refractivity contribution in [1.82, 2.24) is 0 Å². The number of carbonyl (C=O) groups is 3. The van der Waals surface area contributed by atoms with Gasteiger partial charge in [-0.2, -0.15) is 0 Å². The number of rotatable bonds is 49. The molecule has 2 unspecified atom stereocenters. The number of quaternary nitrogens is 1. The molecule has 0 aromatic rings. The third kappa shape index (κ3) is 47.6. The molecule has 8 nitrogen and oxygen atoms in total. The molecule has 0 bridgehead atoms. The van der Waals surface area contributed by atoms with Crippen LogP contribution in [0.2, 0.25) is 0 Å². The molecule has 67 heavy (non-hydrogen) atoms. The zero-order valence-electron chi connectivity index (χ0n) is 44.1. The third-order valence-corrected chi connectivity index (χ3v) is 12.1. The minimum absolute atomic E-state index is 0.0309. The monoisotopic (exact) mass is 938 g/mol. The number of allylic oxidation sites excluding steroid dienone is 12. The summed E-state index contributed by atoms with van der Waals surface area (Å²) in [5, 5.41) is 11.7. The summed E-state index contributed by atoms with van der Waals surface area (Å²) in [5.41, 5.74) is 0. The zero-order chi connectivity index (χ0) is 49.2. The van der Waals surface area contributed by atoms with Gasteiger partial charge in [0, 0.05) is 19.3 Å². The van der Waals surface area contributed by atoms with E-state index < -0.39 is 18.1 Å². The number of aliphatic carboxylic acids is 1. The first-order chi connectivity index (χ1) is 32.6. The second-order valence-corrected chi connectivity index (χ2v) is 19.4. The lowest BCUT2D eigenvalue weighted by Gasteiger charge is -2.34. The number of unbranched alkanes of at least 4 members (excludes halogenated alkanes) is 23. The van der Waals surface area contributed by atoms with E-state index in [4.69, 9.17) is 14.2 Å². The van der Waals surface area contributed by atoms with Gasteiger partial charge in [-0.1, -0.05) is 202 Å². The first-order valence-corrected chi connectivity index (χ1v) is 27.5. The molecular weight excluding hydrogens is 835 g/mol. The molecule has 386 valence electrons. The van der Waals surface area contributed by atoms with Gasteiger partial charge in [0.15, 0.2) is 6.10 Å². The fraction of sp³-hybridized carbons (Fsp3) is 0.746. The number of ether oxygens (including phenoxy) is 3. The highest BCUT2D eigenvalue weighted by Gasteiger charge is 2.25. The summed E-state index contributed by atoms with van der Waals surface area (Å²) in [7, 11) is 5.41. The molecule has 0 saturated heterocycles. The highest BCUT2D eigenvalue weighted by Crippen LogP contribution is 2.15. The maximum Gasteiger partial charge on any atom is 0.306 e. The van der Waals surface area contributed by atoms with E-state index in [-0.39, 0.29) is 42.7 Å². The number of nitrogens with zero attached hydrogens (tertiary/aromatic N) is 1. The Morgan fingerprint density at radius 3 is 1.24 bits per heavy atom. The van der Waals surface area contributed by atoms with Crippen LogP contribution in [0, 0.1) is 0 Å². The molecule has 0 aliphatic rings. The molecule has 0 saturated carbocycles. The Labute approximate surface area is 412 Å². The molecule has 0 radical (unpaired) electrons. The van der Waals surface area contributed by atoms with E-state index in [9.17, 15) is 19.5 Å².